The predicted molar refractivity (Wildman–Crippen MR) is 57.0 cm³/mol. The van der Waals surface area contributed by atoms with E-state index in [1.165, 1.54) is 0 Å². The van der Waals surface area contributed by atoms with Crippen LogP contribution in [0, 0.1) is 0 Å². The van der Waals surface area contributed by atoms with E-state index in [4.69, 9.17) is 9.84 Å². The molecule has 0 spiro atoms. The Hall–Kier alpha value is -0.650. The summed E-state index contributed by atoms with van der Waals surface area (Å²) in [7, 11) is 2.08. The Bertz CT molecular complexity index is 199. The maximum absolute atomic E-state index is 10.2. The first-order valence-corrected chi connectivity index (χ1v) is 5.41. The van der Waals surface area contributed by atoms with Crippen molar-refractivity contribution in [3.63, 3.8) is 0 Å². The minimum atomic E-state index is -0.731. The fourth-order valence-corrected chi connectivity index (χ4v) is 1.62. The Morgan fingerprint density at radius 2 is 2.47 bits per heavy atom. The lowest BCUT2D eigenvalue weighted by molar-refractivity contribution is -0.137. The van der Waals surface area contributed by atoms with Crippen LogP contribution in [0.25, 0.3) is 0 Å². The first-order chi connectivity index (χ1) is 7.18. The number of carboxylic acid groups (broad SMARTS) is 1. The van der Waals surface area contributed by atoms with Gasteiger partial charge in [0.1, 0.15) is 0 Å². The summed E-state index contributed by atoms with van der Waals surface area (Å²) in [5.74, 6) is -0.731. The van der Waals surface area contributed by atoms with Crippen LogP contribution in [0.2, 0.25) is 0 Å². The molecule has 1 aliphatic rings. The molecule has 0 radical (unpaired) electrons. The first kappa shape index (κ1) is 12.4. The van der Waals surface area contributed by atoms with Crippen molar-refractivity contribution in [1.29, 1.82) is 0 Å². The second kappa shape index (κ2) is 6.76. The van der Waals surface area contributed by atoms with Gasteiger partial charge in [0, 0.05) is 26.1 Å². The van der Waals surface area contributed by atoms with Gasteiger partial charge in [-0.15, -0.1) is 0 Å². The number of ether oxygens (including phenoxy) is 1. The molecule has 2 N–H and O–H groups in total. The molecule has 1 saturated heterocycles. The number of hydrogen-bond acceptors (Lipinski definition) is 4. The number of rotatable bonds is 6. The van der Waals surface area contributed by atoms with Gasteiger partial charge in [-0.3, -0.25) is 4.79 Å². The van der Waals surface area contributed by atoms with E-state index in [2.05, 4.69) is 17.3 Å². The van der Waals surface area contributed by atoms with Crippen molar-refractivity contribution in [2.24, 2.45) is 0 Å². The molecule has 0 amide bonds. The third-order valence-corrected chi connectivity index (χ3v) is 2.46. The molecule has 0 aromatic heterocycles. The van der Waals surface area contributed by atoms with E-state index in [1.807, 2.05) is 0 Å². The number of likely N-dealkylation sites (N-methyl/N-ethyl adjacent to an activating group) is 1. The zero-order chi connectivity index (χ0) is 11.1. The van der Waals surface area contributed by atoms with E-state index in [0.717, 1.165) is 32.8 Å². The normalized spacial score (nSPS) is 22.9. The highest BCUT2D eigenvalue weighted by Gasteiger charge is 2.16. The lowest BCUT2D eigenvalue weighted by Crippen LogP contribution is -2.44. The van der Waals surface area contributed by atoms with Crippen LogP contribution >= 0.6 is 0 Å². The van der Waals surface area contributed by atoms with E-state index >= 15 is 0 Å². The molecular weight excluding hydrogens is 196 g/mol. The third kappa shape index (κ3) is 5.71. The summed E-state index contributed by atoms with van der Waals surface area (Å²) in [4.78, 5) is 12.5. The quantitative estimate of drug-likeness (QED) is 0.601. The number of hydrogen-bond donors (Lipinski definition) is 2. The van der Waals surface area contributed by atoms with Crippen LogP contribution in [0.5, 0.6) is 0 Å². The first-order valence-electron chi connectivity index (χ1n) is 5.41. The molecule has 15 heavy (non-hydrogen) atoms. The van der Waals surface area contributed by atoms with Gasteiger partial charge in [0.2, 0.25) is 0 Å². The molecule has 5 heteroatoms. The summed E-state index contributed by atoms with van der Waals surface area (Å²) in [5, 5.41) is 11.7. The molecule has 1 unspecified atom stereocenters. The Kier molecular flexibility index (Phi) is 5.60. The number of morpholine rings is 1. The SMILES string of the molecule is CN1CCOC(CNCCCC(=O)O)C1. The van der Waals surface area contributed by atoms with Crippen molar-refractivity contribution in [2.75, 3.05) is 39.8 Å². The standard InChI is InChI=1S/C10H20N2O3/c1-12-5-6-15-9(8-12)7-11-4-2-3-10(13)14/h9,11H,2-8H2,1H3,(H,13,14). The minimum Gasteiger partial charge on any atom is -0.481 e. The Morgan fingerprint density at radius 3 is 3.13 bits per heavy atom. The molecule has 1 heterocycles. The summed E-state index contributed by atoms with van der Waals surface area (Å²) in [6.45, 7) is 4.29. The number of aliphatic carboxylic acids is 1. The van der Waals surface area contributed by atoms with Gasteiger partial charge < -0.3 is 20.1 Å². The van der Waals surface area contributed by atoms with E-state index < -0.39 is 5.97 Å². The Labute approximate surface area is 90.4 Å². The van der Waals surface area contributed by atoms with Crippen LogP contribution < -0.4 is 5.32 Å². The van der Waals surface area contributed by atoms with E-state index in [9.17, 15) is 4.79 Å². The molecule has 0 saturated carbocycles. The van der Waals surface area contributed by atoms with Crippen LogP contribution in [0.3, 0.4) is 0 Å². The number of nitrogens with zero attached hydrogens (tertiary/aromatic N) is 1. The summed E-state index contributed by atoms with van der Waals surface area (Å²) in [5.41, 5.74) is 0. The van der Waals surface area contributed by atoms with Gasteiger partial charge in [0.15, 0.2) is 0 Å². The van der Waals surface area contributed by atoms with Crippen LogP contribution in [-0.2, 0) is 9.53 Å². The predicted octanol–water partition coefficient (Wildman–Crippen LogP) is -0.229. The van der Waals surface area contributed by atoms with Crippen molar-refractivity contribution in [1.82, 2.24) is 10.2 Å². The van der Waals surface area contributed by atoms with Crippen molar-refractivity contribution in [3.05, 3.63) is 0 Å². The highest BCUT2D eigenvalue weighted by atomic mass is 16.5. The van der Waals surface area contributed by atoms with Crippen molar-refractivity contribution >= 4 is 5.97 Å². The highest BCUT2D eigenvalue weighted by Crippen LogP contribution is 2.01. The lowest BCUT2D eigenvalue weighted by atomic mass is 10.2. The molecule has 1 fully saturated rings. The zero-order valence-electron chi connectivity index (χ0n) is 9.24. The monoisotopic (exact) mass is 216 g/mol. The topological polar surface area (TPSA) is 61.8 Å². The van der Waals surface area contributed by atoms with Gasteiger partial charge in [0.25, 0.3) is 0 Å². The largest absolute Gasteiger partial charge is 0.481 e. The summed E-state index contributed by atoms with van der Waals surface area (Å²) >= 11 is 0. The molecule has 1 aliphatic heterocycles. The van der Waals surface area contributed by atoms with Crippen molar-refractivity contribution in [3.8, 4) is 0 Å². The zero-order valence-corrected chi connectivity index (χ0v) is 9.24. The van der Waals surface area contributed by atoms with Crippen molar-refractivity contribution < 1.29 is 14.6 Å². The van der Waals surface area contributed by atoms with E-state index in [-0.39, 0.29) is 12.5 Å². The average molecular weight is 216 g/mol. The Balaban J connectivity index is 1.97. The molecule has 0 aliphatic carbocycles. The third-order valence-electron chi connectivity index (χ3n) is 2.46. The minimum absolute atomic E-state index is 0.235. The molecule has 5 nitrogen and oxygen atoms in total. The van der Waals surface area contributed by atoms with Crippen LogP contribution in [-0.4, -0.2) is 61.9 Å². The maximum atomic E-state index is 10.2. The lowest BCUT2D eigenvalue weighted by Gasteiger charge is -2.30. The smallest absolute Gasteiger partial charge is 0.303 e. The second-order valence-electron chi connectivity index (χ2n) is 3.96. The number of nitrogens with one attached hydrogen (secondary N) is 1. The van der Waals surface area contributed by atoms with Gasteiger partial charge >= 0.3 is 5.97 Å². The average Bonchev–Trinajstić information content (AvgIpc) is 2.17. The van der Waals surface area contributed by atoms with Gasteiger partial charge in [-0.2, -0.15) is 0 Å². The fraction of sp³-hybridized carbons (Fsp3) is 0.900. The van der Waals surface area contributed by atoms with E-state index in [1.54, 1.807) is 0 Å². The van der Waals surface area contributed by atoms with Crippen LogP contribution in [0.1, 0.15) is 12.8 Å². The van der Waals surface area contributed by atoms with Gasteiger partial charge in [0.05, 0.1) is 12.7 Å². The summed E-state index contributed by atoms with van der Waals surface area (Å²) in [6.07, 6.45) is 1.16. The Morgan fingerprint density at radius 1 is 1.67 bits per heavy atom. The van der Waals surface area contributed by atoms with Crippen molar-refractivity contribution in [2.45, 2.75) is 18.9 Å². The number of carbonyl (C=O) groups is 1. The van der Waals surface area contributed by atoms with Crippen LogP contribution in [0.15, 0.2) is 0 Å². The molecule has 0 aromatic rings. The molecule has 1 atom stereocenters. The molecular formula is C10H20N2O3. The van der Waals surface area contributed by atoms with Crippen LogP contribution in [0.4, 0.5) is 0 Å². The van der Waals surface area contributed by atoms with Gasteiger partial charge in [-0.25, -0.2) is 0 Å². The fourth-order valence-electron chi connectivity index (χ4n) is 1.62. The summed E-state index contributed by atoms with van der Waals surface area (Å²) < 4.78 is 5.56. The maximum Gasteiger partial charge on any atom is 0.303 e. The van der Waals surface area contributed by atoms with Gasteiger partial charge in [-0.1, -0.05) is 0 Å². The number of carboxylic acids is 1. The molecule has 88 valence electrons. The summed E-state index contributed by atoms with van der Waals surface area (Å²) in [6, 6.07) is 0. The molecule has 1 rings (SSSR count). The second-order valence-corrected chi connectivity index (χ2v) is 3.96. The molecule has 0 aromatic carbocycles. The highest BCUT2D eigenvalue weighted by molar-refractivity contribution is 5.66. The van der Waals surface area contributed by atoms with Gasteiger partial charge in [-0.05, 0) is 20.0 Å². The molecule has 0 bridgehead atoms. The van der Waals surface area contributed by atoms with E-state index in [0.29, 0.717) is 6.42 Å².